The Hall–Kier alpha value is -1.02. The second-order valence-corrected chi connectivity index (χ2v) is 6.65. The van der Waals surface area contributed by atoms with Crippen LogP contribution < -0.4 is 11.3 Å². The van der Waals surface area contributed by atoms with Crippen LogP contribution in [0.2, 0.25) is 0 Å². The van der Waals surface area contributed by atoms with Crippen molar-refractivity contribution in [2.24, 2.45) is 0 Å². The molecule has 1 heterocycles. The monoisotopic (exact) mass is 263 g/mol. The summed E-state index contributed by atoms with van der Waals surface area (Å²) in [6.45, 7) is 0. The van der Waals surface area contributed by atoms with E-state index >= 15 is 0 Å². The number of thioether (sulfide) groups is 1. The fourth-order valence-corrected chi connectivity index (χ4v) is 2.69. The van der Waals surface area contributed by atoms with E-state index in [9.17, 15) is 13.2 Å². The molecule has 16 heavy (non-hydrogen) atoms. The second-order valence-electron chi connectivity index (χ2n) is 3.31. The zero-order valence-electron chi connectivity index (χ0n) is 8.76. The fourth-order valence-electron chi connectivity index (χ4n) is 1.01. The van der Waals surface area contributed by atoms with Gasteiger partial charge in [0.25, 0.3) is 5.56 Å². The molecule has 0 atom stereocenters. The summed E-state index contributed by atoms with van der Waals surface area (Å²) in [5.74, 6) is 0.862. The largest absolute Gasteiger partial charge is 0.383 e. The van der Waals surface area contributed by atoms with E-state index in [0.717, 1.165) is 0 Å². The molecule has 0 aromatic carbocycles. The van der Waals surface area contributed by atoms with Crippen molar-refractivity contribution in [1.29, 1.82) is 0 Å². The van der Waals surface area contributed by atoms with Gasteiger partial charge >= 0.3 is 0 Å². The predicted molar refractivity (Wildman–Crippen MR) is 64.3 cm³/mol. The molecular formula is C8H13N3O3S2. The predicted octanol–water partition coefficient (Wildman–Crippen LogP) is -0.121. The van der Waals surface area contributed by atoms with E-state index in [2.05, 4.69) is 9.97 Å². The van der Waals surface area contributed by atoms with Gasteiger partial charge in [0.2, 0.25) is 0 Å². The number of aromatic amines is 1. The minimum atomic E-state index is -2.93. The number of anilines is 1. The van der Waals surface area contributed by atoms with Gasteiger partial charge in [-0.15, -0.1) is 0 Å². The quantitative estimate of drug-likeness (QED) is 0.436. The molecule has 90 valence electrons. The van der Waals surface area contributed by atoms with Crippen LogP contribution in [0.25, 0.3) is 0 Å². The van der Waals surface area contributed by atoms with Crippen molar-refractivity contribution < 1.29 is 8.42 Å². The Kier molecular flexibility index (Phi) is 4.36. The molecule has 0 saturated carbocycles. The van der Waals surface area contributed by atoms with Crippen LogP contribution >= 0.6 is 11.8 Å². The first-order valence-electron chi connectivity index (χ1n) is 4.54. The lowest BCUT2D eigenvalue weighted by molar-refractivity contribution is 0.600. The van der Waals surface area contributed by atoms with E-state index in [0.29, 0.717) is 17.3 Å². The highest BCUT2D eigenvalue weighted by molar-refractivity contribution is 7.99. The van der Waals surface area contributed by atoms with Crippen LogP contribution in [0.15, 0.2) is 16.0 Å². The lowest BCUT2D eigenvalue weighted by atomic mass is 10.6. The molecule has 1 rings (SSSR count). The molecule has 0 aliphatic heterocycles. The number of nitrogens with one attached hydrogen (secondary N) is 1. The van der Waals surface area contributed by atoms with Crippen molar-refractivity contribution in [3.63, 3.8) is 0 Å². The molecule has 0 amide bonds. The molecule has 0 radical (unpaired) electrons. The van der Waals surface area contributed by atoms with Crippen LogP contribution in [0.1, 0.15) is 6.42 Å². The molecular weight excluding hydrogens is 250 g/mol. The summed E-state index contributed by atoms with van der Waals surface area (Å²) in [6.07, 6.45) is 1.71. The van der Waals surface area contributed by atoms with Crippen molar-refractivity contribution in [2.45, 2.75) is 11.6 Å². The molecule has 0 bridgehead atoms. The van der Waals surface area contributed by atoms with Gasteiger partial charge in [0.05, 0.1) is 5.75 Å². The maximum atomic E-state index is 11.0. The number of sulfone groups is 1. The molecule has 0 aliphatic rings. The molecule has 0 aliphatic carbocycles. The molecule has 3 N–H and O–H groups in total. The van der Waals surface area contributed by atoms with E-state index in [4.69, 9.17) is 5.73 Å². The van der Waals surface area contributed by atoms with Gasteiger partial charge in [0.15, 0.2) is 5.16 Å². The number of nitrogens with two attached hydrogens (primary N) is 1. The molecule has 0 spiro atoms. The number of nitrogen functional groups attached to an aromatic ring is 1. The molecule has 0 fully saturated rings. The zero-order chi connectivity index (χ0) is 12.2. The maximum absolute atomic E-state index is 11.0. The molecule has 8 heteroatoms. The van der Waals surface area contributed by atoms with Crippen molar-refractivity contribution in [2.75, 3.05) is 23.5 Å². The van der Waals surface area contributed by atoms with E-state index in [1.165, 1.54) is 24.1 Å². The van der Waals surface area contributed by atoms with Crippen LogP contribution in [0, 0.1) is 0 Å². The highest BCUT2D eigenvalue weighted by Gasteiger charge is 2.03. The first-order valence-corrected chi connectivity index (χ1v) is 7.59. The third-order valence-electron chi connectivity index (χ3n) is 1.64. The smallest absolute Gasteiger partial charge is 0.253 e. The fraction of sp³-hybridized carbons (Fsp3) is 0.500. The molecule has 6 nitrogen and oxygen atoms in total. The first kappa shape index (κ1) is 13.0. The summed E-state index contributed by atoms with van der Waals surface area (Å²) < 4.78 is 21.7. The van der Waals surface area contributed by atoms with Gasteiger partial charge in [-0.05, 0) is 6.42 Å². The summed E-state index contributed by atoms with van der Waals surface area (Å²) >= 11 is 1.28. The molecule has 0 unspecified atom stereocenters. The summed E-state index contributed by atoms with van der Waals surface area (Å²) in [6, 6.07) is 1.20. The number of nitrogens with zero attached hydrogens (tertiary/aromatic N) is 1. The summed E-state index contributed by atoms with van der Waals surface area (Å²) in [4.78, 5) is 17.4. The standard InChI is InChI=1S/C8H13N3O3S2/c1-16(13,14)4-2-3-15-8-10-6(9)5-7(12)11-8/h5H,2-4H2,1H3,(H3,9,10,11,12). The van der Waals surface area contributed by atoms with Gasteiger partial charge < -0.3 is 10.7 Å². The average Bonchev–Trinajstić information content (AvgIpc) is 2.09. The van der Waals surface area contributed by atoms with Crippen molar-refractivity contribution in [3.8, 4) is 0 Å². The Balaban J connectivity index is 2.46. The Morgan fingerprint density at radius 2 is 2.25 bits per heavy atom. The highest BCUT2D eigenvalue weighted by atomic mass is 32.2. The highest BCUT2D eigenvalue weighted by Crippen LogP contribution is 2.13. The first-order chi connectivity index (χ1) is 7.37. The Bertz CT molecular complexity index is 510. The van der Waals surface area contributed by atoms with Crippen LogP contribution in [-0.2, 0) is 9.84 Å². The van der Waals surface area contributed by atoms with Crippen LogP contribution in [0.3, 0.4) is 0 Å². The Labute approximate surface area is 97.6 Å². The topological polar surface area (TPSA) is 106 Å². The van der Waals surface area contributed by atoms with Crippen molar-refractivity contribution >= 4 is 27.4 Å². The van der Waals surface area contributed by atoms with Gasteiger partial charge in [-0.25, -0.2) is 13.4 Å². The number of hydrogen-bond acceptors (Lipinski definition) is 6. The number of aromatic nitrogens is 2. The second kappa shape index (κ2) is 5.35. The SMILES string of the molecule is CS(=O)(=O)CCCSc1nc(N)cc(=O)[nH]1. The maximum Gasteiger partial charge on any atom is 0.253 e. The Morgan fingerprint density at radius 3 is 2.81 bits per heavy atom. The van der Waals surface area contributed by atoms with E-state index in [1.807, 2.05) is 0 Å². The van der Waals surface area contributed by atoms with Gasteiger partial charge in [0, 0.05) is 18.1 Å². The third kappa shape index (κ3) is 5.17. The number of rotatable bonds is 5. The number of H-pyrrole nitrogens is 1. The van der Waals surface area contributed by atoms with Gasteiger partial charge in [-0.1, -0.05) is 11.8 Å². The molecule has 1 aromatic rings. The van der Waals surface area contributed by atoms with Crippen molar-refractivity contribution in [3.05, 3.63) is 16.4 Å². The van der Waals surface area contributed by atoms with E-state index in [-0.39, 0.29) is 17.1 Å². The lowest BCUT2D eigenvalue weighted by Gasteiger charge is -2.00. The van der Waals surface area contributed by atoms with Gasteiger partial charge in [-0.2, -0.15) is 0 Å². The summed E-state index contributed by atoms with van der Waals surface area (Å²) in [5, 5.41) is 0.415. The van der Waals surface area contributed by atoms with Gasteiger partial charge in [0.1, 0.15) is 15.7 Å². The van der Waals surface area contributed by atoms with Crippen LogP contribution in [0.4, 0.5) is 5.82 Å². The minimum Gasteiger partial charge on any atom is -0.383 e. The summed E-state index contributed by atoms with van der Waals surface area (Å²) in [7, 11) is -2.93. The number of hydrogen-bond donors (Lipinski definition) is 2. The lowest BCUT2D eigenvalue weighted by Crippen LogP contribution is -2.10. The third-order valence-corrected chi connectivity index (χ3v) is 3.63. The Morgan fingerprint density at radius 1 is 1.56 bits per heavy atom. The van der Waals surface area contributed by atoms with Crippen molar-refractivity contribution in [1.82, 2.24) is 9.97 Å². The van der Waals surface area contributed by atoms with Crippen LogP contribution in [0.5, 0.6) is 0 Å². The minimum absolute atomic E-state index is 0.131. The van der Waals surface area contributed by atoms with Crippen LogP contribution in [-0.4, -0.2) is 36.1 Å². The summed E-state index contributed by atoms with van der Waals surface area (Å²) in [5.41, 5.74) is 5.09. The van der Waals surface area contributed by atoms with E-state index in [1.54, 1.807) is 0 Å². The normalized spacial score (nSPS) is 11.6. The zero-order valence-corrected chi connectivity index (χ0v) is 10.4. The van der Waals surface area contributed by atoms with Gasteiger partial charge in [-0.3, -0.25) is 4.79 Å². The van der Waals surface area contributed by atoms with E-state index < -0.39 is 9.84 Å². The molecule has 1 aromatic heterocycles. The molecule has 0 saturated heterocycles. The average molecular weight is 263 g/mol.